The molecule has 1 unspecified atom stereocenters. The Balaban J connectivity index is 2.34. The molecular weight excluding hydrogens is 348 g/mol. The summed E-state index contributed by atoms with van der Waals surface area (Å²) >= 11 is 0. The summed E-state index contributed by atoms with van der Waals surface area (Å²) in [7, 11) is 0. The quantitative estimate of drug-likeness (QED) is 0.455. The van der Waals surface area contributed by atoms with Crippen molar-refractivity contribution in [1.82, 2.24) is 5.32 Å². The van der Waals surface area contributed by atoms with Crippen molar-refractivity contribution in [1.29, 1.82) is 0 Å². The molecule has 0 aromatic heterocycles. The molecule has 0 saturated heterocycles. The van der Waals surface area contributed by atoms with Gasteiger partial charge in [-0.25, -0.2) is 0 Å². The number of hydrogen-bond acceptors (Lipinski definition) is 5. The number of nitrogens with one attached hydrogen (secondary N) is 1. The standard InChI is InChI=1S/C20H22N2O5/c1-13(2)27-19(23)12-17(16-9-4-5-10-18(16)22(25)26)21-20(24)15-8-6-7-14(3)11-15/h4-11,13,17H,12H2,1-3H3,(H,21,24). The highest BCUT2D eigenvalue weighted by molar-refractivity contribution is 5.95. The summed E-state index contributed by atoms with van der Waals surface area (Å²) in [5.41, 5.74) is 1.41. The van der Waals surface area contributed by atoms with Gasteiger partial charge in [0.15, 0.2) is 0 Å². The van der Waals surface area contributed by atoms with Gasteiger partial charge < -0.3 is 10.1 Å². The Bertz CT molecular complexity index is 848. The second kappa shape index (κ2) is 8.93. The fourth-order valence-corrected chi connectivity index (χ4v) is 2.69. The molecule has 1 amide bonds. The number of nitro benzene ring substituents is 1. The Hall–Kier alpha value is -3.22. The van der Waals surface area contributed by atoms with Gasteiger partial charge in [-0.05, 0) is 32.9 Å². The van der Waals surface area contributed by atoms with Crippen molar-refractivity contribution in [3.05, 3.63) is 75.3 Å². The fourth-order valence-electron chi connectivity index (χ4n) is 2.69. The minimum absolute atomic E-state index is 0.163. The van der Waals surface area contributed by atoms with E-state index < -0.39 is 22.8 Å². The minimum Gasteiger partial charge on any atom is -0.463 e. The summed E-state index contributed by atoms with van der Waals surface area (Å²) in [6, 6.07) is 12.1. The summed E-state index contributed by atoms with van der Waals surface area (Å²) in [4.78, 5) is 35.6. The lowest BCUT2D eigenvalue weighted by molar-refractivity contribution is -0.385. The Morgan fingerprint density at radius 2 is 1.85 bits per heavy atom. The number of nitrogens with zero attached hydrogens (tertiary/aromatic N) is 1. The molecule has 2 rings (SSSR count). The molecule has 0 spiro atoms. The van der Waals surface area contributed by atoms with Gasteiger partial charge in [-0.1, -0.05) is 35.9 Å². The summed E-state index contributed by atoms with van der Waals surface area (Å²) < 4.78 is 5.15. The van der Waals surface area contributed by atoms with E-state index in [1.54, 1.807) is 38.1 Å². The van der Waals surface area contributed by atoms with E-state index in [0.717, 1.165) is 5.56 Å². The van der Waals surface area contributed by atoms with Crippen LogP contribution in [0.5, 0.6) is 0 Å². The molecule has 0 heterocycles. The smallest absolute Gasteiger partial charge is 0.308 e. The molecule has 142 valence electrons. The van der Waals surface area contributed by atoms with Gasteiger partial charge in [-0.3, -0.25) is 19.7 Å². The molecule has 7 nitrogen and oxygen atoms in total. The van der Waals surface area contributed by atoms with E-state index in [9.17, 15) is 19.7 Å². The van der Waals surface area contributed by atoms with Crippen molar-refractivity contribution >= 4 is 17.6 Å². The number of hydrogen-bond donors (Lipinski definition) is 1. The predicted molar refractivity (Wildman–Crippen MR) is 100 cm³/mol. The number of para-hydroxylation sites is 1. The molecule has 1 N–H and O–H groups in total. The molecular formula is C20H22N2O5. The third-order valence-corrected chi connectivity index (χ3v) is 3.83. The maximum absolute atomic E-state index is 12.6. The maximum Gasteiger partial charge on any atom is 0.308 e. The molecule has 1 atom stereocenters. The van der Waals surface area contributed by atoms with E-state index in [2.05, 4.69) is 5.32 Å². The van der Waals surface area contributed by atoms with E-state index >= 15 is 0 Å². The number of nitro groups is 1. The van der Waals surface area contributed by atoms with Crippen LogP contribution >= 0.6 is 0 Å². The molecule has 27 heavy (non-hydrogen) atoms. The molecule has 2 aromatic rings. The van der Waals surface area contributed by atoms with Gasteiger partial charge in [-0.2, -0.15) is 0 Å². The third kappa shape index (κ3) is 5.64. The van der Waals surface area contributed by atoms with Crippen LogP contribution in [0.3, 0.4) is 0 Å². The van der Waals surface area contributed by atoms with Crippen LogP contribution in [0.25, 0.3) is 0 Å². The Morgan fingerprint density at radius 3 is 2.48 bits per heavy atom. The first-order chi connectivity index (χ1) is 12.8. The van der Waals surface area contributed by atoms with Crippen LogP contribution in [0.1, 0.15) is 47.8 Å². The van der Waals surface area contributed by atoms with Gasteiger partial charge in [0.05, 0.1) is 29.1 Å². The summed E-state index contributed by atoms with van der Waals surface area (Å²) in [5.74, 6) is -0.961. The van der Waals surface area contributed by atoms with Crippen LogP contribution in [0.4, 0.5) is 5.69 Å². The molecule has 0 fully saturated rings. The first kappa shape index (κ1) is 20.1. The highest BCUT2D eigenvalue weighted by Gasteiger charge is 2.27. The maximum atomic E-state index is 12.6. The van der Waals surface area contributed by atoms with Crippen LogP contribution in [0.15, 0.2) is 48.5 Å². The molecule has 7 heteroatoms. The number of aryl methyl sites for hydroxylation is 1. The highest BCUT2D eigenvalue weighted by Crippen LogP contribution is 2.28. The summed E-state index contributed by atoms with van der Waals surface area (Å²) in [6.45, 7) is 5.28. The van der Waals surface area contributed by atoms with Crippen LogP contribution < -0.4 is 5.32 Å². The van der Waals surface area contributed by atoms with Gasteiger partial charge in [0.1, 0.15) is 0 Å². The molecule has 0 saturated carbocycles. The van der Waals surface area contributed by atoms with Crippen LogP contribution in [0, 0.1) is 17.0 Å². The van der Waals surface area contributed by atoms with Gasteiger partial charge in [-0.15, -0.1) is 0 Å². The van der Waals surface area contributed by atoms with E-state index in [0.29, 0.717) is 5.56 Å². The average Bonchev–Trinajstić information content (AvgIpc) is 2.60. The zero-order valence-electron chi connectivity index (χ0n) is 15.5. The van der Waals surface area contributed by atoms with Gasteiger partial charge in [0, 0.05) is 11.6 Å². The van der Waals surface area contributed by atoms with Crippen molar-refractivity contribution in [3.8, 4) is 0 Å². The van der Waals surface area contributed by atoms with E-state index in [4.69, 9.17) is 4.74 Å². The van der Waals surface area contributed by atoms with Gasteiger partial charge in [0.25, 0.3) is 11.6 Å². The second-order valence-corrected chi connectivity index (χ2v) is 6.45. The van der Waals surface area contributed by atoms with Crippen molar-refractivity contribution in [3.63, 3.8) is 0 Å². The van der Waals surface area contributed by atoms with Crippen LogP contribution in [-0.4, -0.2) is 22.9 Å². The zero-order valence-corrected chi connectivity index (χ0v) is 15.5. The Morgan fingerprint density at radius 1 is 1.15 bits per heavy atom. The number of esters is 1. The molecule has 0 radical (unpaired) electrons. The monoisotopic (exact) mass is 370 g/mol. The molecule has 0 aliphatic heterocycles. The highest BCUT2D eigenvalue weighted by atomic mass is 16.6. The van der Waals surface area contributed by atoms with E-state index in [-0.39, 0.29) is 23.8 Å². The van der Waals surface area contributed by atoms with Gasteiger partial charge >= 0.3 is 5.97 Å². The van der Waals surface area contributed by atoms with Crippen molar-refractivity contribution < 1.29 is 19.2 Å². The van der Waals surface area contributed by atoms with Crippen molar-refractivity contribution in [2.75, 3.05) is 0 Å². The van der Waals surface area contributed by atoms with Crippen molar-refractivity contribution in [2.24, 2.45) is 0 Å². The number of ether oxygens (including phenoxy) is 1. The zero-order chi connectivity index (χ0) is 20.0. The first-order valence-corrected chi connectivity index (χ1v) is 8.58. The normalized spacial score (nSPS) is 11.7. The average molecular weight is 370 g/mol. The van der Waals surface area contributed by atoms with Crippen LogP contribution in [0.2, 0.25) is 0 Å². The molecule has 2 aromatic carbocycles. The SMILES string of the molecule is Cc1cccc(C(=O)NC(CC(=O)OC(C)C)c2ccccc2[N+](=O)[O-])c1. The molecule has 0 aliphatic rings. The topological polar surface area (TPSA) is 98.5 Å². The van der Waals surface area contributed by atoms with Crippen molar-refractivity contribution in [2.45, 2.75) is 39.3 Å². The number of amides is 1. The second-order valence-electron chi connectivity index (χ2n) is 6.45. The number of carbonyl (C=O) groups is 2. The third-order valence-electron chi connectivity index (χ3n) is 3.83. The lowest BCUT2D eigenvalue weighted by Crippen LogP contribution is -2.31. The predicted octanol–water partition coefficient (Wildman–Crippen LogP) is 3.72. The van der Waals surface area contributed by atoms with E-state index in [1.165, 1.54) is 18.2 Å². The number of rotatable bonds is 7. The van der Waals surface area contributed by atoms with Gasteiger partial charge in [0.2, 0.25) is 0 Å². The number of carbonyl (C=O) groups excluding carboxylic acids is 2. The summed E-state index contributed by atoms with van der Waals surface area (Å²) in [5, 5.41) is 14.1. The van der Waals surface area contributed by atoms with E-state index in [1.807, 2.05) is 13.0 Å². The Labute approximate surface area is 157 Å². The largest absolute Gasteiger partial charge is 0.463 e. The van der Waals surface area contributed by atoms with Crippen LogP contribution in [-0.2, 0) is 9.53 Å². The first-order valence-electron chi connectivity index (χ1n) is 8.58. The fraction of sp³-hybridized carbons (Fsp3) is 0.300. The molecule has 0 bridgehead atoms. The Kier molecular flexibility index (Phi) is 6.65. The number of benzene rings is 2. The minimum atomic E-state index is -0.883. The lowest BCUT2D eigenvalue weighted by atomic mass is 10.0. The molecule has 0 aliphatic carbocycles. The lowest BCUT2D eigenvalue weighted by Gasteiger charge is -2.19. The summed E-state index contributed by atoms with van der Waals surface area (Å²) in [6.07, 6.45) is -0.531.